The first-order valence-corrected chi connectivity index (χ1v) is 3.30. The monoisotopic (exact) mass is 184 g/mol. The van der Waals surface area contributed by atoms with Gasteiger partial charge >= 0.3 is 25.0 Å². The Morgan fingerprint density at radius 2 is 1.69 bits per heavy atom. The average Bonchev–Trinajstić information content (AvgIpc) is 1.98. The van der Waals surface area contributed by atoms with E-state index >= 15 is 0 Å². The summed E-state index contributed by atoms with van der Waals surface area (Å²) in [7, 11) is 0. The van der Waals surface area contributed by atoms with Gasteiger partial charge in [-0.25, -0.2) is 4.79 Å². The molecule has 7 heteroatoms. The Bertz CT molecular complexity index is 159. The largest absolute Gasteiger partial charge is 1.00 e. The van der Waals surface area contributed by atoms with Crippen LogP contribution in [0.4, 0.5) is 9.59 Å². The maximum atomic E-state index is 10.4. The molecule has 0 fully saturated rings. The zero-order chi connectivity index (χ0) is 9.40. The van der Waals surface area contributed by atoms with Crippen molar-refractivity contribution in [1.82, 2.24) is 0 Å². The van der Waals surface area contributed by atoms with Crippen molar-refractivity contribution in [3.63, 3.8) is 0 Å². The van der Waals surface area contributed by atoms with Gasteiger partial charge in [-0.2, -0.15) is 0 Å². The van der Waals surface area contributed by atoms with Crippen molar-refractivity contribution in [3.05, 3.63) is 0 Å². The van der Waals surface area contributed by atoms with Gasteiger partial charge in [-0.3, -0.25) is 0 Å². The van der Waals surface area contributed by atoms with E-state index in [2.05, 4.69) is 14.2 Å². The molecular formula is C6H9LiO6. The molecule has 0 saturated carbocycles. The van der Waals surface area contributed by atoms with E-state index in [0.717, 1.165) is 0 Å². The summed E-state index contributed by atoms with van der Waals surface area (Å²) in [4.78, 5) is 20.1. The molecule has 0 N–H and O–H groups in total. The molecule has 0 amide bonds. The summed E-state index contributed by atoms with van der Waals surface area (Å²) in [5.74, 6) is 0. The third kappa shape index (κ3) is 11.1. The average molecular weight is 184 g/mol. The molecule has 0 saturated heterocycles. The number of rotatable bonds is 4. The van der Waals surface area contributed by atoms with Gasteiger partial charge < -0.3 is 24.1 Å². The van der Waals surface area contributed by atoms with Crippen molar-refractivity contribution in [2.24, 2.45) is 0 Å². The van der Waals surface area contributed by atoms with Crippen molar-refractivity contribution < 1.29 is 47.8 Å². The second-order valence-electron chi connectivity index (χ2n) is 1.63. The fraction of sp³-hybridized carbons (Fsp3) is 0.667. The van der Waals surface area contributed by atoms with Gasteiger partial charge in [0, 0.05) is 0 Å². The van der Waals surface area contributed by atoms with Crippen LogP contribution in [0.5, 0.6) is 0 Å². The molecule has 0 aromatic rings. The summed E-state index contributed by atoms with van der Waals surface area (Å²) in [5, 5.41) is 9.66. The number of carbonyl (C=O) groups excluding carboxylic acids is 2. The molecule has 70 valence electrons. The van der Waals surface area contributed by atoms with Crippen LogP contribution in [0.1, 0.15) is 6.92 Å². The Morgan fingerprint density at radius 1 is 1.15 bits per heavy atom. The molecule has 0 aromatic carbocycles. The van der Waals surface area contributed by atoms with E-state index in [1.165, 1.54) is 0 Å². The van der Waals surface area contributed by atoms with E-state index in [1.807, 2.05) is 0 Å². The standard InChI is InChI=1S/C6H10O6.Li/c1-2-10-6(9)12-4-3-11-5(7)8;/h2-4H2,1H3,(H,7,8);/q;+1/p-1. The Morgan fingerprint density at radius 3 is 2.15 bits per heavy atom. The molecular weight excluding hydrogens is 175 g/mol. The maximum Gasteiger partial charge on any atom is 1.00 e. The van der Waals surface area contributed by atoms with Crippen LogP contribution in [0, 0.1) is 0 Å². The van der Waals surface area contributed by atoms with E-state index in [4.69, 9.17) is 0 Å². The SMILES string of the molecule is CCOC(=O)OCCOC(=O)[O-].[Li+]. The third-order valence-electron chi connectivity index (χ3n) is 0.785. The van der Waals surface area contributed by atoms with Crippen molar-refractivity contribution in [1.29, 1.82) is 0 Å². The summed E-state index contributed by atoms with van der Waals surface area (Å²) >= 11 is 0. The van der Waals surface area contributed by atoms with E-state index in [9.17, 15) is 14.7 Å². The second-order valence-corrected chi connectivity index (χ2v) is 1.63. The Hall–Kier alpha value is -0.863. The number of ether oxygens (including phenoxy) is 3. The minimum Gasteiger partial charge on any atom is -0.546 e. The molecule has 0 aliphatic heterocycles. The topological polar surface area (TPSA) is 84.9 Å². The van der Waals surface area contributed by atoms with Crippen LogP contribution in [0.25, 0.3) is 0 Å². The van der Waals surface area contributed by atoms with Gasteiger partial charge in [0.2, 0.25) is 0 Å². The number of hydrogen-bond acceptors (Lipinski definition) is 6. The number of hydrogen-bond donors (Lipinski definition) is 0. The summed E-state index contributed by atoms with van der Waals surface area (Å²) in [6, 6.07) is 0. The summed E-state index contributed by atoms with van der Waals surface area (Å²) in [6.07, 6.45) is -2.50. The van der Waals surface area contributed by atoms with Crippen molar-refractivity contribution >= 4 is 12.3 Å². The molecule has 13 heavy (non-hydrogen) atoms. The van der Waals surface area contributed by atoms with Crippen molar-refractivity contribution in [3.8, 4) is 0 Å². The van der Waals surface area contributed by atoms with Crippen LogP contribution < -0.4 is 24.0 Å². The number of carbonyl (C=O) groups is 2. The van der Waals surface area contributed by atoms with E-state index in [1.54, 1.807) is 6.92 Å². The van der Waals surface area contributed by atoms with Gasteiger partial charge in [-0.15, -0.1) is 0 Å². The first kappa shape index (κ1) is 14.7. The van der Waals surface area contributed by atoms with Gasteiger partial charge in [0.25, 0.3) is 6.16 Å². The van der Waals surface area contributed by atoms with Gasteiger partial charge in [-0.05, 0) is 6.92 Å². The molecule has 0 bridgehead atoms. The van der Waals surface area contributed by atoms with Crippen molar-refractivity contribution in [2.75, 3.05) is 19.8 Å². The zero-order valence-electron chi connectivity index (χ0n) is 7.57. The molecule has 0 radical (unpaired) electrons. The smallest absolute Gasteiger partial charge is 0.546 e. The summed E-state index contributed by atoms with van der Waals surface area (Å²) in [5.41, 5.74) is 0. The molecule has 0 spiro atoms. The summed E-state index contributed by atoms with van der Waals surface area (Å²) < 4.78 is 12.7. The van der Waals surface area contributed by atoms with Gasteiger partial charge in [-0.1, -0.05) is 0 Å². The molecule has 0 atom stereocenters. The van der Waals surface area contributed by atoms with Crippen LogP contribution in [-0.4, -0.2) is 32.1 Å². The predicted molar refractivity (Wildman–Crippen MR) is 34.3 cm³/mol. The maximum absolute atomic E-state index is 10.4. The predicted octanol–water partition coefficient (Wildman–Crippen LogP) is -3.48. The minimum absolute atomic E-state index is 0. The third-order valence-corrected chi connectivity index (χ3v) is 0.785. The van der Waals surface area contributed by atoms with Crippen LogP contribution >= 0.6 is 0 Å². The van der Waals surface area contributed by atoms with Gasteiger partial charge in [0.1, 0.15) is 6.61 Å². The summed E-state index contributed by atoms with van der Waals surface area (Å²) in [6.45, 7) is 1.41. The fourth-order valence-electron chi connectivity index (χ4n) is 0.410. The molecule has 0 aliphatic rings. The molecule has 0 aromatic heterocycles. The number of carboxylic acid groups (broad SMARTS) is 1. The van der Waals surface area contributed by atoms with Crippen molar-refractivity contribution in [2.45, 2.75) is 6.92 Å². The van der Waals surface area contributed by atoms with Crippen LogP contribution in [0.3, 0.4) is 0 Å². The molecule has 0 rings (SSSR count). The van der Waals surface area contributed by atoms with Gasteiger partial charge in [0.15, 0.2) is 0 Å². The van der Waals surface area contributed by atoms with Crippen LogP contribution in [-0.2, 0) is 14.2 Å². The second kappa shape index (κ2) is 9.23. The van der Waals surface area contributed by atoms with E-state index in [0.29, 0.717) is 0 Å². The molecule has 0 heterocycles. The van der Waals surface area contributed by atoms with Crippen LogP contribution in [0.15, 0.2) is 0 Å². The Balaban J connectivity index is 0. The Labute approximate surface area is 87.3 Å². The minimum atomic E-state index is -1.65. The quantitative estimate of drug-likeness (QED) is 0.256. The van der Waals surface area contributed by atoms with Crippen LogP contribution in [0.2, 0.25) is 0 Å². The fourth-order valence-corrected chi connectivity index (χ4v) is 0.410. The molecule has 0 unspecified atom stereocenters. The van der Waals surface area contributed by atoms with E-state index < -0.39 is 12.3 Å². The first-order chi connectivity index (χ1) is 5.66. The van der Waals surface area contributed by atoms with Gasteiger partial charge in [0.05, 0.1) is 13.2 Å². The zero-order valence-corrected chi connectivity index (χ0v) is 7.57. The normalized spacial score (nSPS) is 8.08. The Kier molecular flexibility index (Phi) is 10.4. The van der Waals surface area contributed by atoms with E-state index in [-0.39, 0.29) is 38.7 Å². The molecule has 0 aliphatic carbocycles. The molecule has 6 nitrogen and oxygen atoms in total. The first-order valence-electron chi connectivity index (χ1n) is 3.30.